The molecule has 0 atom stereocenters. The van der Waals surface area contributed by atoms with Crippen molar-refractivity contribution >= 4 is 17.9 Å². The highest BCUT2D eigenvalue weighted by molar-refractivity contribution is 5.84. The smallest absolute Gasteiger partial charge is 0.335 e. The molecule has 0 fully saturated rings. The fourth-order valence-electron chi connectivity index (χ4n) is 1.73. The van der Waals surface area contributed by atoms with Crippen LogP contribution in [0.25, 0.3) is 0 Å². The Hall–Kier alpha value is -2.88. The molecule has 0 saturated heterocycles. The van der Waals surface area contributed by atoms with Crippen LogP contribution in [0.5, 0.6) is 11.5 Å². The molecule has 2 aromatic carbocycles. The van der Waals surface area contributed by atoms with Gasteiger partial charge in [0, 0.05) is 12.3 Å². The van der Waals surface area contributed by atoms with E-state index in [4.69, 9.17) is 9.47 Å². The number of nitrogens with zero attached hydrogens (tertiary/aromatic N) is 1. The van der Waals surface area contributed by atoms with Crippen LogP contribution in [0.1, 0.15) is 12.5 Å². The van der Waals surface area contributed by atoms with Gasteiger partial charge in [0.25, 0.3) is 0 Å². The third-order valence-electron chi connectivity index (χ3n) is 2.84. The summed E-state index contributed by atoms with van der Waals surface area (Å²) >= 11 is 0. The number of aliphatic imine (C=N–C) groups is 1. The van der Waals surface area contributed by atoms with E-state index in [1.165, 1.54) is 6.08 Å². The Kier molecular flexibility index (Phi) is 5.49. The normalized spacial score (nSPS) is 11.0. The lowest BCUT2D eigenvalue weighted by Crippen LogP contribution is -2.02. The summed E-state index contributed by atoms with van der Waals surface area (Å²) in [4.78, 5) is 15.7. The van der Waals surface area contributed by atoms with E-state index >= 15 is 0 Å². The van der Waals surface area contributed by atoms with Crippen LogP contribution >= 0.6 is 0 Å². The Morgan fingerprint density at radius 1 is 1.00 bits per heavy atom. The highest BCUT2D eigenvalue weighted by atomic mass is 16.5. The van der Waals surface area contributed by atoms with E-state index in [0.717, 1.165) is 17.0 Å². The molecule has 0 bridgehead atoms. The number of methoxy groups -OCH3 is 1. The maximum atomic E-state index is 11.3. The third-order valence-corrected chi connectivity index (χ3v) is 2.84. The summed E-state index contributed by atoms with van der Waals surface area (Å²) in [5, 5.41) is 0. The minimum atomic E-state index is -0.392. The molecule has 4 nitrogen and oxygen atoms in total. The molecule has 0 N–H and O–H groups in total. The average Bonchev–Trinajstić information content (AvgIpc) is 2.55. The van der Waals surface area contributed by atoms with Gasteiger partial charge in [-0.25, -0.2) is 4.79 Å². The summed E-state index contributed by atoms with van der Waals surface area (Å²) in [7, 11) is 1.63. The van der Waals surface area contributed by atoms with Gasteiger partial charge < -0.3 is 9.47 Å². The van der Waals surface area contributed by atoms with Crippen molar-refractivity contribution in [1.29, 1.82) is 0 Å². The average molecular weight is 295 g/mol. The van der Waals surface area contributed by atoms with E-state index in [0.29, 0.717) is 5.75 Å². The Morgan fingerprint density at radius 3 is 2.23 bits per heavy atom. The van der Waals surface area contributed by atoms with Gasteiger partial charge in [0.1, 0.15) is 11.5 Å². The molecular weight excluding hydrogens is 278 g/mol. The zero-order valence-corrected chi connectivity index (χ0v) is 12.5. The number of allylic oxidation sites excluding steroid dienone is 1. The highest BCUT2D eigenvalue weighted by Crippen LogP contribution is 2.18. The summed E-state index contributed by atoms with van der Waals surface area (Å²) in [6.45, 7) is 1.76. The predicted octanol–water partition coefficient (Wildman–Crippen LogP) is 3.93. The van der Waals surface area contributed by atoms with Gasteiger partial charge in [-0.3, -0.25) is 4.99 Å². The van der Waals surface area contributed by atoms with Gasteiger partial charge in [0.2, 0.25) is 0 Å². The highest BCUT2D eigenvalue weighted by Gasteiger charge is 1.99. The first kappa shape index (κ1) is 15.5. The Morgan fingerprint density at radius 2 is 1.64 bits per heavy atom. The van der Waals surface area contributed by atoms with Crippen molar-refractivity contribution in [2.75, 3.05) is 7.11 Å². The van der Waals surface area contributed by atoms with Crippen LogP contribution in [0.3, 0.4) is 0 Å². The molecule has 0 amide bonds. The maximum Gasteiger partial charge on any atom is 0.335 e. The van der Waals surface area contributed by atoms with E-state index in [1.807, 2.05) is 24.3 Å². The van der Waals surface area contributed by atoms with E-state index in [2.05, 4.69) is 4.99 Å². The van der Waals surface area contributed by atoms with Crippen LogP contribution in [0, 0.1) is 0 Å². The number of ether oxygens (including phenoxy) is 2. The van der Waals surface area contributed by atoms with Gasteiger partial charge in [-0.2, -0.15) is 0 Å². The lowest BCUT2D eigenvalue weighted by molar-refractivity contribution is -0.129. The van der Waals surface area contributed by atoms with Gasteiger partial charge in [0.05, 0.1) is 12.8 Å². The zero-order valence-electron chi connectivity index (χ0n) is 12.5. The third kappa shape index (κ3) is 4.59. The number of hydrogen-bond donors (Lipinski definition) is 0. The van der Waals surface area contributed by atoms with E-state index in [-0.39, 0.29) is 0 Å². The van der Waals surface area contributed by atoms with Crippen molar-refractivity contribution in [1.82, 2.24) is 0 Å². The summed E-state index contributed by atoms with van der Waals surface area (Å²) in [5.74, 6) is 0.910. The first-order valence-electron chi connectivity index (χ1n) is 6.84. The predicted molar refractivity (Wildman–Crippen MR) is 87.1 cm³/mol. The van der Waals surface area contributed by atoms with E-state index in [9.17, 15) is 4.79 Å². The van der Waals surface area contributed by atoms with E-state index in [1.54, 1.807) is 50.6 Å². The van der Waals surface area contributed by atoms with Crippen LogP contribution in [0.2, 0.25) is 0 Å². The van der Waals surface area contributed by atoms with Gasteiger partial charge in [0.15, 0.2) is 0 Å². The molecule has 0 unspecified atom stereocenters. The summed E-state index contributed by atoms with van der Waals surface area (Å²) in [6.07, 6.45) is 4.77. The van der Waals surface area contributed by atoms with Crippen LogP contribution in [-0.4, -0.2) is 19.3 Å². The second-order valence-corrected chi connectivity index (χ2v) is 4.45. The second-order valence-electron chi connectivity index (χ2n) is 4.45. The topological polar surface area (TPSA) is 47.9 Å². The van der Waals surface area contributed by atoms with Crippen LogP contribution in [0.4, 0.5) is 5.69 Å². The summed E-state index contributed by atoms with van der Waals surface area (Å²) < 4.78 is 10.2. The molecule has 22 heavy (non-hydrogen) atoms. The van der Waals surface area contributed by atoms with Crippen molar-refractivity contribution in [2.24, 2.45) is 4.99 Å². The van der Waals surface area contributed by atoms with Crippen molar-refractivity contribution in [2.45, 2.75) is 6.92 Å². The molecule has 0 aliphatic heterocycles. The van der Waals surface area contributed by atoms with Crippen molar-refractivity contribution < 1.29 is 14.3 Å². The lowest BCUT2D eigenvalue weighted by Gasteiger charge is -2.01. The largest absolute Gasteiger partial charge is 0.497 e. The van der Waals surface area contributed by atoms with E-state index < -0.39 is 5.97 Å². The number of esters is 1. The van der Waals surface area contributed by atoms with Crippen molar-refractivity contribution in [3.63, 3.8) is 0 Å². The van der Waals surface area contributed by atoms with Gasteiger partial charge in [-0.05, 0) is 61.0 Å². The van der Waals surface area contributed by atoms with Crippen LogP contribution in [-0.2, 0) is 4.79 Å². The minimum Gasteiger partial charge on any atom is -0.497 e. The zero-order chi connectivity index (χ0) is 15.8. The molecule has 0 radical (unpaired) electrons. The molecule has 112 valence electrons. The Balaban J connectivity index is 2.00. The van der Waals surface area contributed by atoms with Crippen LogP contribution in [0.15, 0.2) is 65.7 Å². The van der Waals surface area contributed by atoms with Gasteiger partial charge in [-0.1, -0.05) is 6.08 Å². The van der Waals surface area contributed by atoms with Gasteiger partial charge in [-0.15, -0.1) is 0 Å². The fourth-order valence-corrected chi connectivity index (χ4v) is 1.73. The summed E-state index contributed by atoms with van der Waals surface area (Å²) in [5.41, 5.74) is 1.76. The second kappa shape index (κ2) is 7.78. The monoisotopic (exact) mass is 295 g/mol. The van der Waals surface area contributed by atoms with Gasteiger partial charge >= 0.3 is 5.97 Å². The molecule has 0 aliphatic rings. The number of carbonyl (C=O) groups excluding carboxylic acids is 1. The molecule has 0 aromatic heterocycles. The fraction of sp³-hybridized carbons (Fsp3) is 0.111. The SMILES string of the molecule is C/C=C/C(=O)Oc1ccc(N=Cc2ccc(OC)cc2)cc1. The standard InChI is InChI=1S/C18H17NO3/c1-3-4-18(20)22-17-11-7-15(8-12-17)19-13-14-5-9-16(21-2)10-6-14/h3-13H,1-2H3/b4-3+,19-13?. The lowest BCUT2D eigenvalue weighted by atomic mass is 10.2. The maximum absolute atomic E-state index is 11.3. The minimum absolute atomic E-state index is 0.392. The number of rotatable bonds is 5. The first-order chi connectivity index (χ1) is 10.7. The van der Waals surface area contributed by atoms with Crippen LogP contribution < -0.4 is 9.47 Å². The summed E-state index contributed by atoms with van der Waals surface area (Å²) in [6, 6.07) is 14.6. The molecule has 2 rings (SSSR count). The molecule has 0 heterocycles. The number of hydrogen-bond acceptors (Lipinski definition) is 4. The molecule has 0 spiro atoms. The number of carbonyl (C=O) groups is 1. The first-order valence-corrected chi connectivity index (χ1v) is 6.84. The quantitative estimate of drug-likeness (QED) is 0.363. The molecule has 0 aliphatic carbocycles. The van der Waals surface area contributed by atoms with Crippen molar-refractivity contribution in [3.05, 3.63) is 66.2 Å². The Bertz CT molecular complexity index is 670. The molecule has 4 heteroatoms. The number of benzene rings is 2. The Labute approximate surface area is 129 Å². The van der Waals surface area contributed by atoms with Crippen molar-refractivity contribution in [3.8, 4) is 11.5 Å². The molecule has 0 saturated carbocycles. The molecular formula is C18H17NO3. The molecule has 2 aromatic rings.